The fraction of sp³-hybridized carbons (Fsp3) is 1.00. The number of unbranched alkanes of at least 4 members (excludes halogenated alkanes) is 4. The van der Waals surface area contributed by atoms with Crippen molar-refractivity contribution in [2.75, 3.05) is 6.61 Å². The molecule has 8 nitrogen and oxygen atoms in total. The van der Waals surface area contributed by atoms with Crippen LogP contribution in [0.1, 0.15) is 78.6 Å². The molecule has 0 rings (SSSR count). The fourth-order valence-corrected chi connectivity index (χ4v) is 3.91. The summed E-state index contributed by atoms with van der Waals surface area (Å²) in [5.41, 5.74) is 0. The van der Waals surface area contributed by atoms with Gasteiger partial charge in [-0.1, -0.05) is 52.4 Å². The highest BCUT2D eigenvalue weighted by atomic mass is 32.2. The van der Waals surface area contributed by atoms with Crippen LogP contribution >= 0.6 is 0 Å². The molecular weight excluding hydrogens is 522 g/mol. The molecule has 4 N–H and O–H groups in total. The van der Waals surface area contributed by atoms with Crippen LogP contribution in [0.4, 0.5) is 26.3 Å². The molecule has 0 saturated carbocycles. The molecule has 0 amide bonds. The van der Waals surface area contributed by atoms with Gasteiger partial charge in [-0.15, -0.1) is 0 Å². The minimum absolute atomic E-state index is 0.0810. The zero-order valence-electron chi connectivity index (χ0n) is 19.3. The maximum absolute atomic E-state index is 12.1. The summed E-state index contributed by atoms with van der Waals surface area (Å²) in [6.07, 6.45) is -8.10. The Labute approximate surface area is 197 Å². The van der Waals surface area contributed by atoms with E-state index in [4.69, 9.17) is 19.3 Å². The van der Waals surface area contributed by atoms with Crippen LogP contribution in [0.2, 0.25) is 0 Å². The van der Waals surface area contributed by atoms with Gasteiger partial charge in [-0.2, -0.15) is 43.2 Å². The molecule has 0 aliphatic rings. The molecule has 0 aliphatic heterocycles. The monoisotopic (exact) mass is 558 g/mol. The van der Waals surface area contributed by atoms with Crippen molar-refractivity contribution < 1.29 is 62.5 Å². The molecule has 210 valence electrons. The van der Waals surface area contributed by atoms with Crippen molar-refractivity contribution in [3.8, 4) is 0 Å². The van der Waals surface area contributed by atoms with Crippen LogP contribution in [-0.2, 0) is 20.2 Å². The molecule has 0 spiro atoms. The number of alkyl halides is 6. The van der Waals surface area contributed by atoms with E-state index < -0.39 is 55.9 Å². The highest BCUT2D eigenvalue weighted by molar-refractivity contribution is 7.86. The smallest absolute Gasteiger partial charge is 0.396 e. The second-order valence-corrected chi connectivity index (χ2v) is 10.6. The molecule has 0 fully saturated rings. The van der Waals surface area contributed by atoms with Crippen molar-refractivity contribution >= 4 is 20.2 Å². The summed E-state index contributed by atoms with van der Waals surface area (Å²) >= 11 is 0. The lowest BCUT2D eigenvalue weighted by atomic mass is 10.1. The molecule has 3 unspecified atom stereocenters. The zero-order chi connectivity index (χ0) is 27.8. The number of hydrogen-bond acceptors (Lipinski definition) is 6. The topological polar surface area (TPSA) is 149 Å². The van der Waals surface area contributed by atoms with E-state index in [1.807, 2.05) is 0 Å². The highest BCUT2D eigenvalue weighted by Crippen LogP contribution is 2.30. The van der Waals surface area contributed by atoms with E-state index in [0.29, 0.717) is 32.1 Å². The number of aliphatic hydroxyl groups is 2. The van der Waals surface area contributed by atoms with E-state index in [-0.39, 0.29) is 25.6 Å². The fourth-order valence-electron chi connectivity index (χ4n) is 2.31. The van der Waals surface area contributed by atoms with Crippen LogP contribution in [0.5, 0.6) is 0 Å². The minimum atomic E-state index is -5.03. The first-order valence-corrected chi connectivity index (χ1v) is 13.5. The molecule has 0 bridgehead atoms. The van der Waals surface area contributed by atoms with Gasteiger partial charge >= 0.3 is 12.4 Å². The Morgan fingerprint density at radius 2 is 0.971 bits per heavy atom. The molecule has 0 aromatic rings. The van der Waals surface area contributed by atoms with E-state index in [1.54, 1.807) is 20.8 Å². The van der Waals surface area contributed by atoms with Crippen LogP contribution in [0.15, 0.2) is 0 Å². The summed E-state index contributed by atoms with van der Waals surface area (Å²) in [7, 11) is -10.1. The normalized spacial score (nSPS) is 15.3. The van der Waals surface area contributed by atoms with Crippen molar-refractivity contribution in [3.05, 3.63) is 0 Å². The Bertz CT molecular complexity index is 651. The first-order valence-electron chi connectivity index (χ1n) is 10.5. The van der Waals surface area contributed by atoms with Crippen LogP contribution in [0.3, 0.4) is 0 Å². The molecule has 0 radical (unpaired) electrons. The van der Waals surface area contributed by atoms with Crippen LogP contribution in [0, 0.1) is 0 Å². The van der Waals surface area contributed by atoms with Crippen molar-refractivity contribution in [2.45, 2.75) is 108 Å². The van der Waals surface area contributed by atoms with Gasteiger partial charge in [0.05, 0.1) is 6.10 Å². The Kier molecular flexibility index (Phi) is 19.7. The van der Waals surface area contributed by atoms with Crippen molar-refractivity contribution in [2.24, 2.45) is 0 Å². The minimum Gasteiger partial charge on any atom is -0.396 e. The Balaban J connectivity index is -0.000000458. The third-order valence-corrected chi connectivity index (χ3v) is 6.58. The number of hydrogen-bond donors (Lipinski definition) is 4. The van der Waals surface area contributed by atoms with Gasteiger partial charge in [0, 0.05) is 6.61 Å². The van der Waals surface area contributed by atoms with Crippen LogP contribution < -0.4 is 0 Å². The van der Waals surface area contributed by atoms with E-state index in [0.717, 1.165) is 0 Å². The second kappa shape index (κ2) is 17.7. The lowest BCUT2D eigenvalue weighted by molar-refractivity contribution is -0.133. The standard InChI is InChI=1S/2C7H13F3O3S.C4H10O2/c2*1-2-3-4-5-6(7(8,9)10)14(11,12)13;1-4(6)2-3-5/h2*6H,2-5H2,1H3,(H,11,12,13);4-6H,2-3H2,1H3. The van der Waals surface area contributed by atoms with Gasteiger partial charge in [0.25, 0.3) is 20.2 Å². The molecule has 0 aromatic heterocycles. The molecule has 0 aliphatic carbocycles. The van der Waals surface area contributed by atoms with Crippen molar-refractivity contribution in [1.82, 2.24) is 0 Å². The van der Waals surface area contributed by atoms with Gasteiger partial charge in [0.15, 0.2) is 10.5 Å². The van der Waals surface area contributed by atoms with Crippen LogP contribution in [-0.4, -0.2) is 71.7 Å². The predicted molar refractivity (Wildman–Crippen MR) is 114 cm³/mol. The Hall–Kier alpha value is -0.680. The quantitative estimate of drug-likeness (QED) is 0.155. The summed E-state index contributed by atoms with van der Waals surface area (Å²) < 4.78 is 131. The SMILES string of the molecule is CC(O)CCO.CCCCCC(C(F)(F)F)S(=O)(=O)O.CCCCCC(C(F)(F)F)S(=O)(=O)O. The Morgan fingerprint density at radius 1 is 0.676 bits per heavy atom. The molecule has 16 heteroatoms. The summed E-state index contributed by atoms with van der Waals surface area (Å²) in [5.74, 6) is 0. The average Bonchev–Trinajstić information content (AvgIpc) is 2.59. The van der Waals surface area contributed by atoms with E-state index in [9.17, 15) is 43.2 Å². The van der Waals surface area contributed by atoms with Gasteiger partial charge in [-0.05, 0) is 26.2 Å². The Morgan fingerprint density at radius 3 is 1.09 bits per heavy atom. The average molecular weight is 559 g/mol. The predicted octanol–water partition coefficient (Wildman–Crippen LogP) is 4.52. The summed E-state index contributed by atoms with van der Waals surface area (Å²) in [5, 5.41) is 11.2. The van der Waals surface area contributed by atoms with Gasteiger partial charge in [0.2, 0.25) is 0 Å². The van der Waals surface area contributed by atoms with Gasteiger partial charge < -0.3 is 10.2 Å². The van der Waals surface area contributed by atoms with Gasteiger partial charge in [-0.25, -0.2) is 0 Å². The van der Waals surface area contributed by atoms with Crippen LogP contribution in [0.25, 0.3) is 0 Å². The largest absolute Gasteiger partial charge is 0.407 e. The van der Waals surface area contributed by atoms with Gasteiger partial charge in [-0.3, -0.25) is 9.11 Å². The third kappa shape index (κ3) is 21.8. The highest BCUT2D eigenvalue weighted by Gasteiger charge is 2.48. The first kappa shape index (κ1) is 37.9. The van der Waals surface area contributed by atoms with Gasteiger partial charge in [0.1, 0.15) is 0 Å². The molecule has 0 heterocycles. The lowest BCUT2D eigenvalue weighted by Crippen LogP contribution is -2.36. The van der Waals surface area contributed by atoms with E-state index in [2.05, 4.69) is 0 Å². The maximum Gasteiger partial charge on any atom is 0.407 e. The first-order chi connectivity index (χ1) is 15.2. The van der Waals surface area contributed by atoms with E-state index in [1.165, 1.54) is 0 Å². The third-order valence-electron chi connectivity index (χ3n) is 4.14. The number of halogens is 6. The van der Waals surface area contributed by atoms with Crippen molar-refractivity contribution in [3.63, 3.8) is 0 Å². The molecular formula is C18H36F6O8S2. The number of rotatable bonds is 12. The molecule has 3 atom stereocenters. The summed E-state index contributed by atoms with van der Waals surface area (Å²) in [6.45, 7) is 5.31. The number of aliphatic hydroxyl groups excluding tert-OH is 2. The molecule has 0 aromatic carbocycles. The maximum atomic E-state index is 12.1. The lowest BCUT2D eigenvalue weighted by Gasteiger charge is -2.16. The zero-order valence-corrected chi connectivity index (χ0v) is 20.9. The molecule has 0 saturated heterocycles. The summed E-state index contributed by atoms with van der Waals surface area (Å²) in [6, 6.07) is 0. The summed E-state index contributed by atoms with van der Waals surface area (Å²) in [4.78, 5) is 0. The van der Waals surface area contributed by atoms with Crippen molar-refractivity contribution in [1.29, 1.82) is 0 Å². The van der Waals surface area contributed by atoms with E-state index >= 15 is 0 Å². The second-order valence-electron chi connectivity index (χ2n) is 7.44. The molecule has 34 heavy (non-hydrogen) atoms.